The van der Waals surface area contributed by atoms with E-state index in [9.17, 15) is 5.11 Å². The smallest absolute Gasteiger partial charge is 0.859 e. The van der Waals surface area contributed by atoms with E-state index in [0.717, 1.165) is 0 Å². The number of benzene rings is 1. The molecule has 0 fully saturated rings. The molecule has 0 aromatic heterocycles. The van der Waals surface area contributed by atoms with E-state index in [-0.39, 0.29) is 39.3 Å². The third-order valence-electron chi connectivity index (χ3n) is 1.83. The van der Waals surface area contributed by atoms with Crippen LogP contribution in [0.5, 0.6) is 0 Å². The Labute approximate surface area is 143 Å². The van der Waals surface area contributed by atoms with Gasteiger partial charge in [-0.25, -0.2) is 0 Å². The first-order chi connectivity index (χ1) is 8.08. The Hall–Kier alpha value is -0.220. The van der Waals surface area contributed by atoms with Crippen molar-refractivity contribution in [3.05, 3.63) is 40.7 Å². The molecule has 0 saturated heterocycles. The second kappa shape index (κ2) is 8.81. The van der Waals surface area contributed by atoms with Gasteiger partial charge in [-0.3, -0.25) is 0 Å². The molecule has 0 heterocycles. The number of nitriles is 1. The number of thiocarbonyl (C=S) groups is 1. The molecule has 1 aromatic carbocycles. The molecule has 0 radical (unpaired) electrons. The maximum Gasteiger partial charge on any atom is 1.00 e. The Bertz CT molecular complexity index is 497. The fraction of sp³-hybridized carbons (Fsp3) is 0.0909. The van der Waals surface area contributed by atoms with Gasteiger partial charge in [-0.2, -0.15) is 5.26 Å². The number of nitrogens with zero attached hydrogens (tertiary/aromatic N) is 1. The van der Waals surface area contributed by atoms with Crippen molar-refractivity contribution < 1.29 is 34.7 Å². The van der Waals surface area contributed by atoms with Crippen LogP contribution in [0, 0.1) is 11.3 Å². The molecule has 1 aromatic rings. The molecule has 0 spiro atoms. The van der Waals surface area contributed by atoms with Gasteiger partial charge >= 0.3 is 29.6 Å². The Morgan fingerprint density at radius 2 is 2.00 bits per heavy atom. The zero-order chi connectivity index (χ0) is 12.8. The van der Waals surface area contributed by atoms with Crippen molar-refractivity contribution in [3.8, 4) is 6.07 Å². The molecule has 7 heteroatoms. The van der Waals surface area contributed by atoms with Crippen molar-refractivity contribution in [1.82, 2.24) is 0 Å². The molecule has 1 N–H and O–H groups in total. The quantitative estimate of drug-likeness (QED) is 0.269. The molecule has 3 nitrogen and oxygen atoms in total. The third kappa shape index (κ3) is 5.19. The molecule has 88 valence electrons. The SMILES string of the molecule is CSC(=S)/C(C#N)=C(\[O-])Nc1ccc(Cl)cc1.[Na+]. The molecule has 0 aliphatic rings. The second-order valence-electron chi connectivity index (χ2n) is 2.94. The van der Waals surface area contributed by atoms with Crippen molar-refractivity contribution in [2.24, 2.45) is 0 Å². The maximum absolute atomic E-state index is 11.7. The summed E-state index contributed by atoms with van der Waals surface area (Å²) in [7, 11) is 0. The van der Waals surface area contributed by atoms with Crippen LogP contribution in [0.3, 0.4) is 0 Å². The van der Waals surface area contributed by atoms with Crippen LogP contribution in [0.2, 0.25) is 5.02 Å². The molecule has 0 unspecified atom stereocenters. The monoisotopic (exact) mass is 306 g/mol. The van der Waals surface area contributed by atoms with Gasteiger partial charge in [-0.05, 0) is 36.4 Å². The van der Waals surface area contributed by atoms with Crippen LogP contribution in [0.25, 0.3) is 0 Å². The number of hydrogen-bond acceptors (Lipinski definition) is 5. The number of rotatable bonds is 3. The summed E-state index contributed by atoms with van der Waals surface area (Å²) < 4.78 is 0.277. The first kappa shape index (κ1) is 17.8. The molecule has 0 aliphatic heterocycles. The fourth-order valence-electron chi connectivity index (χ4n) is 1.02. The van der Waals surface area contributed by atoms with E-state index >= 15 is 0 Å². The van der Waals surface area contributed by atoms with Crippen LogP contribution in [0.4, 0.5) is 5.69 Å². The van der Waals surface area contributed by atoms with Gasteiger partial charge in [0.25, 0.3) is 0 Å². The van der Waals surface area contributed by atoms with Gasteiger partial charge in [-0.15, -0.1) is 11.8 Å². The van der Waals surface area contributed by atoms with Crippen molar-refractivity contribution in [3.63, 3.8) is 0 Å². The average Bonchev–Trinajstić information content (AvgIpc) is 2.32. The minimum absolute atomic E-state index is 0. The van der Waals surface area contributed by atoms with E-state index in [1.165, 1.54) is 11.8 Å². The molecule has 0 saturated carbocycles. The van der Waals surface area contributed by atoms with E-state index < -0.39 is 5.88 Å². The molecule has 18 heavy (non-hydrogen) atoms. The molecule has 0 bridgehead atoms. The van der Waals surface area contributed by atoms with Gasteiger partial charge in [0.2, 0.25) is 0 Å². The van der Waals surface area contributed by atoms with Gasteiger partial charge in [-0.1, -0.05) is 23.8 Å². The Morgan fingerprint density at radius 3 is 2.44 bits per heavy atom. The summed E-state index contributed by atoms with van der Waals surface area (Å²) in [5.74, 6) is -0.505. The predicted octanol–water partition coefficient (Wildman–Crippen LogP) is -0.458. The number of halogens is 1. The minimum Gasteiger partial charge on any atom is -0.859 e. The second-order valence-corrected chi connectivity index (χ2v) is 4.86. The van der Waals surface area contributed by atoms with Crippen LogP contribution < -0.4 is 40.0 Å². The van der Waals surface area contributed by atoms with Crippen molar-refractivity contribution in [1.29, 1.82) is 5.26 Å². The average molecular weight is 307 g/mol. The fourth-order valence-corrected chi connectivity index (χ4v) is 1.62. The van der Waals surface area contributed by atoms with Crippen molar-refractivity contribution in [2.45, 2.75) is 0 Å². The number of anilines is 1. The Kier molecular flexibility index (Phi) is 8.70. The first-order valence-corrected chi connectivity index (χ1v) is 6.52. The minimum atomic E-state index is -0.505. The molecule has 0 amide bonds. The van der Waals surface area contributed by atoms with Crippen LogP contribution in [0.1, 0.15) is 0 Å². The van der Waals surface area contributed by atoms with E-state index in [4.69, 9.17) is 29.1 Å². The maximum atomic E-state index is 11.7. The molecule has 1 rings (SSSR count). The van der Waals surface area contributed by atoms with E-state index in [0.29, 0.717) is 10.7 Å². The van der Waals surface area contributed by atoms with Gasteiger partial charge < -0.3 is 10.4 Å². The van der Waals surface area contributed by atoms with Crippen LogP contribution in [-0.2, 0) is 0 Å². The summed E-state index contributed by atoms with van der Waals surface area (Å²) in [6, 6.07) is 8.40. The summed E-state index contributed by atoms with van der Waals surface area (Å²) in [4.78, 5) is 0. The number of nitrogens with one attached hydrogen (secondary N) is 1. The largest absolute Gasteiger partial charge is 1.00 e. The van der Waals surface area contributed by atoms with Crippen LogP contribution >= 0.6 is 35.6 Å². The number of thioether (sulfide) groups is 1. The topological polar surface area (TPSA) is 58.9 Å². The van der Waals surface area contributed by atoms with E-state index in [1.54, 1.807) is 36.6 Å². The normalized spacial score (nSPS) is 10.7. The van der Waals surface area contributed by atoms with Gasteiger partial charge in [0, 0.05) is 10.7 Å². The van der Waals surface area contributed by atoms with Gasteiger partial charge in [0.1, 0.15) is 6.07 Å². The van der Waals surface area contributed by atoms with Crippen molar-refractivity contribution >= 4 is 45.5 Å². The standard InChI is InChI=1S/C11H9ClN2OS2.Na/c1-17-11(16)9(6-13)10(15)14-8-4-2-7(12)3-5-8;/h2-5,14-15H,1H3;/q;+1/p-1/b10-9-;. The first-order valence-electron chi connectivity index (χ1n) is 4.50. The predicted molar refractivity (Wildman–Crippen MR) is 73.8 cm³/mol. The summed E-state index contributed by atoms with van der Waals surface area (Å²) >= 11 is 11.8. The zero-order valence-corrected chi connectivity index (χ0v) is 14.2. The van der Waals surface area contributed by atoms with Crippen LogP contribution in [0.15, 0.2) is 35.7 Å². The van der Waals surface area contributed by atoms with Crippen molar-refractivity contribution in [2.75, 3.05) is 11.6 Å². The summed E-state index contributed by atoms with van der Waals surface area (Å²) in [6.45, 7) is 0. The van der Waals surface area contributed by atoms with Gasteiger partial charge in [0.05, 0.1) is 9.77 Å². The number of hydrogen-bond donors (Lipinski definition) is 1. The molecular formula is C11H8ClN2NaOS2. The molecule has 0 aliphatic carbocycles. The van der Waals surface area contributed by atoms with Crippen LogP contribution in [-0.4, -0.2) is 10.5 Å². The van der Waals surface area contributed by atoms with E-state index in [1.807, 2.05) is 0 Å². The summed E-state index contributed by atoms with van der Waals surface area (Å²) in [5.41, 5.74) is 0.513. The summed E-state index contributed by atoms with van der Waals surface area (Å²) in [5, 5.41) is 23.7. The zero-order valence-electron chi connectivity index (χ0n) is 9.86. The summed E-state index contributed by atoms with van der Waals surface area (Å²) in [6.07, 6.45) is 1.72. The molecular weight excluding hydrogens is 299 g/mol. The Morgan fingerprint density at radius 1 is 1.44 bits per heavy atom. The third-order valence-corrected chi connectivity index (χ3v) is 3.36. The van der Waals surface area contributed by atoms with Gasteiger partial charge in [0.15, 0.2) is 0 Å². The Balaban J connectivity index is 0.00000289. The molecule has 0 atom stereocenters. The van der Waals surface area contributed by atoms with E-state index in [2.05, 4.69) is 5.32 Å².